The lowest BCUT2D eigenvalue weighted by Crippen LogP contribution is -2.27. The molecule has 0 fully saturated rings. The first kappa shape index (κ1) is 15.1. The summed E-state index contributed by atoms with van der Waals surface area (Å²) in [5, 5.41) is 6.49. The lowest BCUT2D eigenvalue weighted by molar-refractivity contribution is -0.120. The van der Waals surface area contributed by atoms with Crippen molar-refractivity contribution < 1.29 is 9.32 Å². The topological polar surface area (TPSA) is 94.0 Å². The van der Waals surface area contributed by atoms with Gasteiger partial charge in [0, 0.05) is 18.5 Å². The van der Waals surface area contributed by atoms with Gasteiger partial charge in [-0.1, -0.05) is 41.6 Å². The van der Waals surface area contributed by atoms with E-state index < -0.39 is 0 Å². The number of hydrogen-bond donors (Lipinski definition) is 2. The summed E-state index contributed by atoms with van der Waals surface area (Å²) in [5.74, 6) is 1.05. The third-order valence-corrected chi connectivity index (χ3v) is 3.07. The van der Waals surface area contributed by atoms with E-state index in [1.165, 1.54) is 0 Å². The predicted molar refractivity (Wildman–Crippen MR) is 81.8 cm³/mol. The van der Waals surface area contributed by atoms with E-state index in [-0.39, 0.29) is 5.91 Å². The minimum atomic E-state index is -0.0608. The van der Waals surface area contributed by atoms with Crippen molar-refractivity contribution in [1.29, 1.82) is 0 Å². The molecule has 7 heteroatoms. The predicted octanol–water partition coefficient (Wildman–Crippen LogP) is 0.914. The van der Waals surface area contributed by atoms with Crippen molar-refractivity contribution in [2.45, 2.75) is 19.8 Å². The molecule has 0 unspecified atom stereocenters. The molecule has 1 aromatic heterocycles. The van der Waals surface area contributed by atoms with Gasteiger partial charge in [-0.05, 0) is 12.5 Å². The smallest absolute Gasteiger partial charge is 0.228 e. The molecule has 0 saturated carbocycles. The van der Waals surface area contributed by atoms with Gasteiger partial charge in [-0.3, -0.25) is 4.79 Å². The van der Waals surface area contributed by atoms with Crippen LogP contribution in [0.2, 0.25) is 0 Å². The first-order valence-electron chi connectivity index (χ1n) is 6.49. The zero-order valence-corrected chi connectivity index (χ0v) is 12.4. The molecule has 0 aliphatic heterocycles. The van der Waals surface area contributed by atoms with Crippen LogP contribution in [0.3, 0.4) is 0 Å². The van der Waals surface area contributed by atoms with Gasteiger partial charge in [0.05, 0.1) is 6.42 Å². The number of nitrogens with one attached hydrogen (secondary N) is 1. The second kappa shape index (κ2) is 6.94. The average molecular weight is 304 g/mol. The van der Waals surface area contributed by atoms with Crippen LogP contribution in [-0.4, -0.2) is 27.6 Å². The van der Waals surface area contributed by atoms with Gasteiger partial charge in [0.25, 0.3) is 0 Å². The highest BCUT2D eigenvalue weighted by Gasteiger charge is 2.06. The number of thiocarbonyl (C=S) groups is 1. The lowest BCUT2D eigenvalue weighted by Gasteiger charge is -2.04. The highest BCUT2D eigenvalue weighted by Crippen LogP contribution is 2.05. The molecule has 0 bridgehead atoms. The minimum absolute atomic E-state index is 0.0608. The third-order valence-electron chi connectivity index (χ3n) is 2.83. The van der Waals surface area contributed by atoms with Gasteiger partial charge in [0.2, 0.25) is 11.8 Å². The van der Waals surface area contributed by atoms with E-state index >= 15 is 0 Å². The summed E-state index contributed by atoms with van der Waals surface area (Å²) in [6, 6.07) is 7.31. The van der Waals surface area contributed by atoms with Crippen molar-refractivity contribution in [3.05, 3.63) is 47.1 Å². The molecular formula is C14H16N4O2S. The second-order valence-corrected chi connectivity index (χ2v) is 5.01. The van der Waals surface area contributed by atoms with E-state index in [9.17, 15) is 4.79 Å². The Morgan fingerprint density at radius 1 is 1.38 bits per heavy atom. The van der Waals surface area contributed by atoms with Gasteiger partial charge >= 0.3 is 0 Å². The summed E-state index contributed by atoms with van der Waals surface area (Å²) in [7, 11) is 0. The number of amides is 1. The second-order valence-electron chi connectivity index (χ2n) is 4.57. The first-order valence-corrected chi connectivity index (χ1v) is 6.90. The van der Waals surface area contributed by atoms with Crippen LogP contribution in [0, 0.1) is 6.92 Å². The minimum Gasteiger partial charge on any atom is -0.389 e. The maximum Gasteiger partial charge on any atom is 0.228 e. The zero-order chi connectivity index (χ0) is 15.2. The number of rotatable bonds is 6. The fourth-order valence-corrected chi connectivity index (χ4v) is 1.92. The number of nitrogens with two attached hydrogens (primary N) is 1. The van der Waals surface area contributed by atoms with Crippen molar-refractivity contribution in [3.8, 4) is 0 Å². The molecule has 3 N–H and O–H groups in total. The van der Waals surface area contributed by atoms with Crippen molar-refractivity contribution in [1.82, 2.24) is 15.5 Å². The van der Waals surface area contributed by atoms with E-state index in [0.29, 0.717) is 36.1 Å². The van der Waals surface area contributed by atoms with E-state index in [1.54, 1.807) is 6.92 Å². The number of aryl methyl sites for hydroxylation is 1. The standard InChI is InChI=1S/C14H16N4O2S/c1-9-17-13(20-18-9)6-7-16-12(19)8-10-2-4-11(5-3-10)14(15)21/h2-5H,6-8H2,1H3,(H2,15,21)(H,16,19). The van der Waals surface area contributed by atoms with Crippen molar-refractivity contribution in [2.75, 3.05) is 6.54 Å². The molecule has 0 atom stereocenters. The molecule has 1 amide bonds. The monoisotopic (exact) mass is 304 g/mol. The molecular weight excluding hydrogens is 288 g/mol. The lowest BCUT2D eigenvalue weighted by atomic mass is 10.1. The van der Waals surface area contributed by atoms with Crippen LogP contribution >= 0.6 is 12.2 Å². The zero-order valence-electron chi connectivity index (χ0n) is 11.6. The highest BCUT2D eigenvalue weighted by atomic mass is 32.1. The molecule has 2 aromatic rings. The van der Waals surface area contributed by atoms with Gasteiger partial charge < -0.3 is 15.6 Å². The molecule has 6 nitrogen and oxygen atoms in total. The first-order chi connectivity index (χ1) is 10.0. The summed E-state index contributed by atoms with van der Waals surface area (Å²) < 4.78 is 4.96. The van der Waals surface area contributed by atoms with Crippen LogP contribution < -0.4 is 11.1 Å². The molecule has 0 aliphatic carbocycles. The molecule has 2 rings (SSSR count). The third kappa shape index (κ3) is 4.64. The van der Waals surface area contributed by atoms with Crippen LogP contribution in [0.5, 0.6) is 0 Å². The Bertz CT molecular complexity index is 637. The number of carbonyl (C=O) groups is 1. The Morgan fingerprint density at radius 2 is 2.10 bits per heavy atom. The van der Waals surface area contributed by atoms with Gasteiger partial charge in [0.1, 0.15) is 4.99 Å². The van der Waals surface area contributed by atoms with Crippen LogP contribution in [0.4, 0.5) is 0 Å². The summed E-state index contributed by atoms with van der Waals surface area (Å²) in [6.07, 6.45) is 0.827. The number of aromatic nitrogens is 2. The van der Waals surface area contributed by atoms with Crippen molar-refractivity contribution in [3.63, 3.8) is 0 Å². The van der Waals surface area contributed by atoms with Crippen LogP contribution in [0.15, 0.2) is 28.8 Å². The molecule has 0 saturated heterocycles. The summed E-state index contributed by atoms with van der Waals surface area (Å²) in [4.78, 5) is 16.2. The average Bonchev–Trinajstić information content (AvgIpc) is 2.85. The molecule has 110 valence electrons. The Hall–Kier alpha value is -2.28. The molecule has 1 heterocycles. The Balaban J connectivity index is 1.77. The van der Waals surface area contributed by atoms with E-state index in [0.717, 1.165) is 11.1 Å². The fourth-order valence-electron chi connectivity index (χ4n) is 1.79. The largest absolute Gasteiger partial charge is 0.389 e. The maximum atomic E-state index is 11.8. The van der Waals surface area contributed by atoms with Crippen LogP contribution in [0.25, 0.3) is 0 Å². The fraction of sp³-hybridized carbons (Fsp3) is 0.286. The number of hydrogen-bond acceptors (Lipinski definition) is 5. The Morgan fingerprint density at radius 3 is 2.67 bits per heavy atom. The Labute approximate surface area is 127 Å². The molecule has 0 radical (unpaired) electrons. The normalized spacial score (nSPS) is 10.3. The number of nitrogens with zero attached hydrogens (tertiary/aromatic N) is 2. The molecule has 1 aromatic carbocycles. The van der Waals surface area contributed by atoms with E-state index in [4.69, 9.17) is 22.5 Å². The van der Waals surface area contributed by atoms with Gasteiger partial charge in [0.15, 0.2) is 5.82 Å². The summed E-state index contributed by atoms with van der Waals surface area (Å²) >= 11 is 4.88. The van der Waals surface area contributed by atoms with E-state index in [1.807, 2.05) is 24.3 Å². The maximum absolute atomic E-state index is 11.8. The summed E-state index contributed by atoms with van der Waals surface area (Å²) in [6.45, 7) is 2.22. The molecule has 0 spiro atoms. The van der Waals surface area contributed by atoms with Crippen LogP contribution in [-0.2, 0) is 17.6 Å². The highest BCUT2D eigenvalue weighted by molar-refractivity contribution is 7.80. The van der Waals surface area contributed by atoms with Gasteiger partial charge in [-0.25, -0.2) is 0 Å². The Kier molecular flexibility index (Phi) is 4.99. The number of benzene rings is 1. The SMILES string of the molecule is Cc1noc(CCNC(=O)Cc2ccc(C(N)=S)cc2)n1. The van der Waals surface area contributed by atoms with Crippen LogP contribution in [0.1, 0.15) is 22.8 Å². The van der Waals surface area contributed by atoms with Gasteiger partial charge in [-0.2, -0.15) is 4.98 Å². The number of carbonyl (C=O) groups excluding carboxylic acids is 1. The molecule has 0 aliphatic rings. The van der Waals surface area contributed by atoms with E-state index in [2.05, 4.69) is 15.5 Å². The molecule has 21 heavy (non-hydrogen) atoms. The summed E-state index contributed by atoms with van der Waals surface area (Å²) in [5.41, 5.74) is 7.22. The van der Waals surface area contributed by atoms with Crippen molar-refractivity contribution in [2.24, 2.45) is 5.73 Å². The van der Waals surface area contributed by atoms with Gasteiger partial charge in [-0.15, -0.1) is 0 Å². The quantitative estimate of drug-likeness (QED) is 0.771. The van der Waals surface area contributed by atoms with Crippen molar-refractivity contribution >= 4 is 23.1 Å².